The van der Waals surface area contributed by atoms with Gasteiger partial charge in [0.25, 0.3) is 0 Å². The summed E-state index contributed by atoms with van der Waals surface area (Å²) >= 11 is 0. The summed E-state index contributed by atoms with van der Waals surface area (Å²) in [5, 5.41) is 5.61. The SMILES string of the molecule is O=C(NCc1ccco1)C1CC12CCN(C(=O)Nc1cccc(F)c1)C2. The Morgan fingerprint density at radius 3 is 2.96 bits per heavy atom. The quantitative estimate of drug-likeness (QED) is 0.883. The summed E-state index contributed by atoms with van der Waals surface area (Å²) in [6, 6.07) is 9.16. The highest BCUT2D eigenvalue weighted by molar-refractivity contribution is 5.90. The summed E-state index contributed by atoms with van der Waals surface area (Å²) in [4.78, 5) is 26.4. The van der Waals surface area contributed by atoms with Crippen molar-refractivity contribution < 1.29 is 18.4 Å². The van der Waals surface area contributed by atoms with Crippen LogP contribution in [0.1, 0.15) is 18.6 Å². The second-order valence-corrected chi connectivity index (χ2v) is 7.03. The van der Waals surface area contributed by atoms with Crippen LogP contribution in [0.2, 0.25) is 0 Å². The first kappa shape index (κ1) is 16.6. The summed E-state index contributed by atoms with van der Waals surface area (Å²) in [5.74, 6) is 0.268. The molecule has 2 aromatic rings. The lowest BCUT2D eigenvalue weighted by molar-refractivity contribution is -0.123. The zero-order valence-electron chi connectivity index (χ0n) is 14.2. The van der Waals surface area contributed by atoms with Crippen LogP contribution in [-0.4, -0.2) is 29.9 Å². The Bertz CT molecular complexity index is 823. The molecule has 3 amide bonds. The van der Waals surface area contributed by atoms with Crippen LogP contribution >= 0.6 is 0 Å². The van der Waals surface area contributed by atoms with Crippen LogP contribution in [0, 0.1) is 17.2 Å². The third-order valence-electron chi connectivity index (χ3n) is 5.27. The van der Waals surface area contributed by atoms with Crippen LogP contribution in [0.4, 0.5) is 14.9 Å². The van der Waals surface area contributed by atoms with Gasteiger partial charge in [0.2, 0.25) is 5.91 Å². The van der Waals surface area contributed by atoms with Crippen molar-refractivity contribution in [3.63, 3.8) is 0 Å². The van der Waals surface area contributed by atoms with Gasteiger partial charge in [0.15, 0.2) is 0 Å². The number of anilines is 1. The number of nitrogens with zero attached hydrogens (tertiary/aromatic N) is 1. The Morgan fingerprint density at radius 1 is 1.31 bits per heavy atom. The minimum atomic E-state index is -0.392. The van der Waals surface area contributed by atoms with E-state index in [1.54, 1.807) is 29.4 Å². The summed E-state index contributed by atoms with van der Waals surface area (Å²) in [6.45, 7) is 1.53. The van der Waals surface area contributed by atoms with Crippen molar-refractivity contribution in [2.75, 3.05) is 18.4 Å². The van der Waals surface area contributed by atoms with Crippen molar-refractivity contribution >= 4 is 17.6 Å². The van der Waals surface area contributed by atoms with Crippen LogP contribution in [0.5, 0.6) is 0 Å². The highest BCUT2D eigenvalue weighted by atomic mass is 19.1. The number of hydrogen-bond acceptors (Lipinski definition) is 3. The van der Waals surface area contributed by atoms with E-state index >= 15 is 0 Å². The summed E-state index contributed by atoms with van der Waals surface area (Å²) in [7, 11) is 0. The van der Waals surface area contributed by atoms with Crippen molar-refractivity contribution in [2.45, 2.75) is 19.4 Å². The first-order chi connectivity index (χ1) is 12.6. The zero-order chi connectivity index (χ0) is 18.1. The molecule has 1 saturated heterocycles. The summed E-state index contributed by atoms with van der Waals surface area (Å²) < 4.78 is 18.4. The van der Waals surface area contributed by atoms with Crippen LogP contribution in [-0.2, 0) is 11.3 Å². The van der Waals surface area contributed by atoms with Crippen LogP contribution in [0.15, 0.2) is 47.1 Å². The highest BCUT2D eigenvalue weighted by Crippen LogP contribution is 2.58. The number of amides is 3. The molecule has 1 aliphatic carbocycles. The Balaban J connectivity index is 1.29. The van der Waals surface area contributed by atoms with Crippen LogP contribution in [0.3, 0.4) is 0 Å². The van der Waals surface area contributed by atoms with Crippen LogP contribution < -0.4 is 10.6 Å². The molecule has 1 aromatic carbocycles. The van der Waals surface area contributed by atoms with E-state index < -0.39 is 5.82 Å². The largest absolute Gasteiger partial charge is 0.467 e. The molecule has 0 bridgehead atoms. The molecule has 2 fully saturated rings. The number of rotatable bonds is 4. The minimum absolute atomic E-state index is 0.00814. The average Bonchev–Trinajstić information content (AvgIpc) is 2.97. The van der Waals surface area contributed by atoms with Gasteiger partial charge in [-0.05, 0) is 43.2 Å². The van der Waals surface area contributed by atoms with Gasteiger partial charge in [0, 0.05) is 30.1 Å². The number of urea groups is 1. The lowest BCUT2D eigenvalue weighted by Crippen LogP contribution is -2.34. The van der Waals surface area contributed by atoms with Crippen molar-refractivity contribution in [2.24, 2.45) is 11.3 Å². The Labute approximate surface area is 150 Å². The van der Waals surface area contributed by atoms with Gasteiger partial charge in [-0.2, -0.15) is 0 Å². The molecule has 1 aromatic heterocycles. The zero-order valence-corrected chi connectivity index (χ0v) is 14.2. The smallest absolute Gasteiger partial charge is 0.321 e. The molecule has 6 nitrogen and oxygen atoms in total. The van der Waals surface area contributed by atoms with Gasteiger partial charge in [-0.1, -0.05) is 6.07 Å². The number of benzene rings is 1. The fraction of sp³-hybridized carbons (Fsp3) is 0.368. The van der Waals surface area contributed by atoms with Gasteiger partial charge in [-0.15, -0.1) is 0 Å². The first-order valence-corrected chi connectivity index (χ1v) is 8.67. The number of carbonyl (C=O) groups excluding carboxylic acids is 2. The molecule has 2 heterocycles. The Morgan fingerprint density at radius 2 is 2.19 bits per heavy atom. The lowest BCUT2D eigenvalue weighted by Gasteiger charge is -2.17. The maximum atomic E-state index is 13.2. The number of likely N-dealkylation sites (tertiary alicyclic amines) is 1. The average molecular weight is 357 g/mol. The molecule has 26 heavy (non-hydrogen) atoms. The maximum absolute atomic E-state index is 13.2. The van der Waals surface area contributed by atoms with E-state index in [1.165, 1.54) is 12.1 Å². The fourth-order valence-corrected chi connectivity index (χ4v) is 3.72. The number of nitrogens with one attached hydrogen (secondary N) is 2. The monoisotopic (exact) mass is 357 g/mol. The molecule has 1 aliphatic heterocycles. The van der Waals surface area contributed by atoms with Gasteiger partial charge in [-0.3, -0.25) is 4.79 Å². The molecule has 2 aliphatic rings. The summed E-state index contributed by atoms with van der Waals surface area (Å²) in [6.07, 6.45) is 3.18. The minimum Gasteiger partial charge on any atom is -0.467 e. The topological polar surface area (TPSA) is 74.6 Å². The molecule has 2 N–H and O–H groups in total. The standard InChI is InChI=1S/C19H20FN3O3/c20-13-3-1-4-14(9-13)22-18(25)23-7-6-19(12-23)10-16(19)17(24)21-11-15-5-2-8-26-15/h1-5,8-9,16H,6-7,10-12H2,(H,21,24)(H,22,25). The number of furan rings is 1. The van der Waals surface area contributed by atoms with Gasteiger partial charge < -0.3 is 20.0 Å². The first-order valence-electron chi connectivity index (χ1n) is 8.67. The normalized spacial score (nSPS) is 23.9. The summed E-state index contributed by atoms with van der Waals surface area (Å²) in [5.41, 5.74) is 0.312. The molecule has 1 saturated carbocycles. The molecule has 2 atom stereocenters. The van der Waals surface area contributed by atoms with E-state index in [4.69, 9.17) is 4.42 Å². The lowest BCUT2D eigenvalue weighted by atomic mass is 10.0. The fourth-order valence-electron chi connectivity index (χ4n) is 3.72. The van der Waals surface area contributed by atoms with Crippen molar-refractivity contribution in [3.05, 3.63) is 54.2 Å². The van der Waals surface area contributed by atoms with Crippen LogP contribution in [0.25, 0.3) is 0 Å². The van der Waals surface area contributed by atoms with E-state index in [0.717, 1.165) is 18.6 Å². The van der Waals surface area contributed by atoms with Gasteiger partial charge in [0.1, 0.15) is 11.6 Å². The second kappa shape index (κ2) is 6.48. The van der Waals surface area contributed by atoms with Crippen molar-refractivity contribution in [1.82, 2.24) is 10.2 Å². The van der Waals surface area contributed by atoms with Gasteiger partial charge >= 0.3 is 6.03 Å². The van der Waals surface area contributed by atoms with Crippen molar-refractivity contribution in [3.8, 4) is 0 Å². The van der Waals surface area contributed by atoms with Gasteiger partial charge in [-0.25, -0.2) is 9.18 Å². The molecule has 2 unspecified atom stereocenters. The molecular formula is C19H20FN3O3. The predicted octanol–water partition coefficient (Wildman–Crippen LogP) is 2.98. The molecule has 0 radical (unpaired) electrons. The maximum Gasteiger partial charge on any atom is 0.321 e. The number of carbonyl (C=O) groups is 2. The molecule has 4 rings (SSSR count). The van der Waals surface area contributed by atoms with E-state index in [2.05, 4.69) is 10.6 Å². The molecular weight excluding hydrogens is 337 g/mol. The Hall–Kier alpha value is -2.83. The van der Waals surface area contributed by atoms with Crippen molar-refractivity contribution in [1.29, 1.82) is 0 Å². The Kier molecular flexibility index (Phi) is 4.14. The second-order valence-electron chi connectivity index (χ2n) is 7.03. The number of hydrogen-bond donors (Lipinski definition) is 2. The number of halogens is 1. The third kappa shape index (κ3) is 3.29. The predicted molar refractivity (Wildman–Crippen MR) is 92.7 cm³/mol. The molecule has 1 spiro atoms. The third-order valence-corrected chi connectivity index (χ3v) is 5.27. The molecule has 7 heteroatoms. The highest BCUT2D eigenvalue weighted by Gasteiger charge is 2.61. The van der Waals surface area contributed by atoms with E-state index in [-0.39, 0.29) is 23.3 Å². The van der Waals surface area contributed by atoms with E-state index in [9.17, 15) is 14.0 Å². The van der Waals surface area contributed by atoms with Gasteiger partial charge in [0.05, 0.1) is 12.8 Å². The molecule has 136 valence electrons. The van der Waals surface area contributed by atoms with E-state index in [0.29, 0.717) is 25.3 Å². The van der Waals surface area contributed by atoms with E-state index in [1.807, 2.05) is 6.07 Å².